The average molecular weight is 269 g/mol. The fourth-order valence-corrected chi connectivity index (χ4v) is 1.32. The van der Waals surface area contributed by atoms with Crippen LogP contribution in [-0.2, 0) is 14.3 Å². The molecule has 19 heavy (non-hydrogen) atoms. The summed E-state index contributed by atoms with van der Waals surface area (Å²) < 4.78 is 9.65. The summed E-state index contributed by atoms with van der Waals surface area (Å²) in [7, 11) is 0. The molecule has 0 rings (SSSR count). The Kier molecular flexibility index (Phi) is 11.6. The van der Waals surface area contributed by atoms with Gasteiger partial charge in [0.2, 0.25) is 0 Å². The van der Waals surface area contributed by atoms with Gasteiger partial charge in [-0.25, -0.2) is 4.79 Å². The highest BCUT2D eigenvalue weighted by Gasteiger charge is 2.03. The Morgan fingerprint density at radius 1 is 1.16 bits per heavy atom. The van der Waals surface area contributed by atoms with Gasteiger partial charge < -0.3 is 14.8 Å². The molecule has 0 aliphatic heterocycles. The Labute approximate surface area is 115 Å². The minimum atomic E-state index is -0.503. The number of hydrogen-bond acceptors (Lipinski definition) is 4. The number of alkyl carbamates (subject to hydrolysis) is 1. The van der Waals surface area contributed by atoms with Gasteiger partial charge in [-0.2, -0.15) is 0 Å². The van der Waals surface area contributed by atoms with E-state index in [1.54, 1.807) is 0 Å². The molecule has 0 aromatic rings. The lowest BCUT2D eigenvalue weighted by molar-refractivity contribution is -0.143. The summed E-state index contributed by atoms with van der Waals surface area (Å²) in [6, 6.07) is 0. The van der Waals surface area contributed by atoms with E-state index in [0.717, 1.165) is 32.1 Å². The first-order valence-corrected chi connectivity index (χ1v) is 6.70. The summed E-state index contributed by atoms with van der Waals surface area (Å²) >= 11 is 0. The fourth-order valence-electron chi connectivity index (χ4n) is 1.32. The van der Waals surface area contributed by atoms with Gasteiger partial charge in [0.25, 0.3) is 0 Å². The van der Waals surface area contributed by atoms with Crippen LogP contribution in [0, 0.1) is 12.3 Å². The number of rotatable bonds is 10. The van der Waals surface area contributed by atoms with E-state index < -0.39 is 6.09 Å². The average Bonchev–Trinajstić information content (AvgIpc) is 2.40. The Hall–Kier alpha value is -1.70. The van der Waals surface area contributed by atoms with Crippen molar-refractivity contribution in [3.63, 3.8) is 0 Å². The summed E-state index contributed by atoms with van der Waals surface area (Å²) in [5.74, 6) is 2.06. The molecule has 0 aromatic carbocycles. The van der Waals surface area contributed by atoms with Gasteiger partial charge in [0.15, 0.2) is 6.61 Å². The van der Waals surface area contributed by atoms with E-state index in [1.807, 2.05) is 0 Å². The molecule has 0 aliphatic rings. The molecule has 0 aromatic heterocycles. The van der Waals surface area contributed by atoms with Crippen LogP contribution >= 0.6 is 0 Å². The van der Waals surface area contributed by atoms with Crippen LogP contribution in [0.1, 0.15) is 45.4 Å². The van der Waals surface area contributed by atoms with Crippen LogP contribution in [0.15, 0.2) is 0 Å². The molecule has 108 valence electrons. The molecule has 0 aliphatic carbocycles. The van der Waals surface area contributed by atoms with Gasteiger partial charge in [-0.1, -0.05) is 25.7 Å². The van der Waals surface area contributed by atoms with Crippen molar-refractivity contribution in [2.24, 2.45) is 0 Å². The molecule has 0 bridgehead atoms. The van der Waals surface area contributed by atoms with Crippen LogP contribution in [0.2, 0.25) is 0 Å². The second-order valence-corrected chi connectivity index (χ2v) is 4.09. The first-order valence-electron chi connectivity index (χ1n) is 6.70. The van der Waals surface area contributed by atoms with Gasteiger partial charge >= 0.3 is 12.1 Å². The number of esters is 1. The summed E-state index contributed by atoms with van der Waals surface area (Å²) in [4.78, 5) is 22.2. The van der Waals surface area contributed by atoms with Gasteiger partial charge in [-0.3, -0.25) is 4.79 Å². The fraction of sp³-hybridized carbons (Fsp3) is 0.714. The molecule has 5 nitrogen and oxygen atoms in total. The maximum atomic E-state index is 11.2. The van der Waals surface area contributed by atoms with Crippen LogP contribution < -0.4 is 5.32 Å². The largest absolute Gasteiger partial charge is 0.466 e. The first-order chi connectivity index (χ1) is 9.20. The van der Waals surface area contributed by atoms with E-state index >= 15 is 0 Å². The molecule has 0 atom stereocenters. The molecular formula is C14H23NO4. The van der Waals surface area contributed by atoms with Crippen molar-refractivity contribution in [2.45, 2.75) is 45.4 Å². The Morgan fingerprint density at radius 3 is 2.63 bits per heavy atom. The maximum absolute atomic E-state index is 11.2. The monoisotopic (exact) mass is 269 g/mol. The van der Waals surface area contributed by atoms with E-state index in [9.17, 15) is 9.59 Å². The van der Waals surface area contributed by atoms with Crippen molar-refractivity contribution >= 4 is 12.1 Å². The lowest BCUT2D eigenvalue weighted by Gasteiger charge is -2.05. The zero-order valence-corrected chi connectivity index (χ0v) is 11.6. The molecule has 0 spiro atoms. The third kappa shape index (κ3) is 12.5. The Bertz CT molecular complexity index is 296. The molecule has 0 saturated heterocycles. The molecule has 0 heterocycles. The van der Waals surface area contributed by atoms with Crippen LogP contribution in [0.5, 0.6) is 0 Å². The molecule has 0 fully saturated rings. The predicted octanol–water partition coefficient (Wildman–Crippen LogP) is 2.25. The minimum Gasteiger partial charge on any atom is -0.466 e. The van der Waals surface area contributed by atoms with Gasteiger partial charge in [0.1, 0.15) is 0 Å². The first kappa shape index (κ1) is 17.3. The lowest BCUT2D eigenvalue weighted by Crippen LogP contribution is -2.25. The predicted molar refractivity (Wildman–Crippen MR) is 72.5 cm³/mol. The number of ether oxygens (including phenoxy) is 2. The second-order valence-electron chi connectivity index (χ2n) is 4.09. The van der Waals surface area contributed by atoms with E-state index in [2.05, 4.69) is 22.9 Å². The standard InChI is InChI=1S/C14H23NO4/c1-3-5-12-18-13(16)9-7-6-8-10-15-14(17)19-11-4-2/h2H,3,5-12H2,1H3,(H,15,17). The molecule has 0 unspecified atom stereocenters. The van der Waals surface area contributed by atoms with Crippen LogP contribution in [0.4, 0.5) is 4.79 Å². The summed E-state index contributed by atoms with van der Waals surface area (Å²) in [6.45, 7) is 3.07. The van der Waals surface area contributed by atoms with Gasteiger partial charge in [-0.15, -0.1) is 6.42 Å². The van der Waals surface area contributed by atoms with Crippen molar-refractivity contribution in [1.29, 1.82) is 0 Å². The smallest absolute Gasteiger partial charge is 0.408 e. The Balaban J connectivity index is 3.29. The highest BCUT2D eigenvalue weighted by Crippen LogP contribution is 2.01. The van der Waals surface area contributed by atoms with E-state index in [-0.39, 0.29) is 12.6 Å². The number of unbranched alkanes of at least 4 members (excludes halogenated alkanes) is 3. The van der Waals surface area contributed by atoms with Crippen LogP contribution in [0.3, 0.4) is 0 Å². The van der Waals surface area contributed by atoms with Crippen molar-refractivity contribution in [1.82, 2.24) is 5.32 Å². The number of terminal acetylenes is 1. The van der Waals surface area contributed by atoms with E-state index in [4.69, 9.17) is 11.2 Å². The number of carbonyl (C=O) groups excluding carboxylic acids is 2. The number of amides is 1. The third-order valence-corrected chi connectivity index (χ3v) is 2.37. The van der Waals surface area contributed by atoms with Gasteiger partial charge in [0, 0.05) is 13.0 Å². The van der Waals surface area contributed by atoms with Crippen molar-refractivity contribution in [2.75, 3.05) is 19.8 Å². The molecule has 1 N–H and O–H groups in total. The molecule has 1 amide bonds. The van der Waals surface area contributed by atoms with Crippen molar-refractivity contribution in [3.8, 4) is 12.3 Å². The van der Waals surface area contributed by atoms with Gasteiger partial charge in [0.05, 0.1) is 6.61 Å². The zero-order chi connectivity index (χ0) is 14.3. The SMILES string of the molecule is C#CCOC(=O)NCCCCCC(=O)OCCCC. The third-order valence-electron chi connectivity index (χ3n) is 2.37. The highest BCUT2D eigenvalue weighted by molar-refractivity contribution is 5.69. The minimum absolute atomic E-state index is 0.0184. The van der Waals surface area contributed by atoms with Crippen molar-refractivity contribution in [3.05, 3.63) is 0 Å². The molecule has 0 saturated carbocycles. The molecular weight excluding hydrogens is 246 g/mol. The number of carbonyl (C=O) groups is 2. The summed E-state index contributed by atoms with van der Waals surface area (Å²) in [6.07, 6.45) is 9.24. The van der Waals surface area contributed by atoms with E-state index in [1.165, 1.54) is 0 Å². The van der Waals surface area contributed by atoms with E-state index in [0.29, 0.717) is 19.6 Å². The number of nitrogens with one attached hydrogen (secondary N) is 1. The normalized spacial score (nSPS) is 9.47. The quantitative estimate of drug-likeness (QED) is 0.375. The zero-order valence-electron chi connectivity index (χ0n) is 11.6. The highest BCUT2D eigenvalue weighted by atomic mass is 16.5. The van der Waals surface area contributed by atoms with Crippen molar-refractivity contribution < 1.29 is 19.1 Å². The Morgan fingerprint density at radius 2 is 1.95 bits per heavy atom. The maximum Gasteiger partial charge on any atom is 0.408 e. The molecule has 5 heteroatoms. The summed E-state index contributed by atoms with van der Waals surface area (Å²) in [5.41, 5.74) is 0. The second kappa shape index (κ2) is 12.7. The topological polar surface area (TPSA) is 64.6 Å². The summed E-state index contributed by atoms with van der Waals surface area (Å²) in [5, 5.41) is 2.57. The van der Waals surface area contributed by atoms with Gasteiger partial charge in [-0.05, 0) is 19.3 Å². The molecule has 0 radical (unpaired) electrons. The number of hydrogen-bond donors (Lipinski definition) is 1. The van der Waals surface area contributed by atoms with Crippen LogP contribution in [0.25, 0.3) is 0 Å². The lowest BCUT2D eigenvalue weighted by atomic mass is 10.2. The van der Waals surface area contributed by atoms with Crippen LogP contribution in [-0.4, -0.2) is 31.8 Å².